The van der Waals surface area contributed by atoms with Crippen molar-refractivity contribution in [2.24, 2.45) is 0 Å². The van der Waals surface area contributed by atoms with Gasteiger partial charge in [-0.15, -0.1) is 0 Å². The van der Waals surface area contributed by atoms with Crippen molar-refractivity contribution in [2.45, 2.75) is 32.0 Å². The summed E-state index contributed by atoms with van der Waals surface area (Å²) in [6.07, 6.45) is 3.50. The van der Waals surface area contributed by atoms with Crippen LogP contribution in [0.2, 0.25) is 0 Å². The lowest BCUT2D eigenvalue weighted by Gasteiger charge is -2.23. The summed E-state index contributed by atoms with van der Waals surface area (Å²) < 4.78 is 5.24. The van der Waals surface area contributed by atoms with Gasteiger partial charge in [0.2, 0.25) is 5.91 Å². The van der Waals surface area contributed by atoms with E-state index >= 15 is 0 Å². The van der Waals surface area contributed by atoms with Gasteiger partial charge >= 0.3 is 0 Å². The molecule has 1 aromatic heterocycles. The van der Waals surface area contributed by atoms with E-state index in [0.717, 1.165) is 37.3 Å². The van der Waals surface area contributed by atoms with Crippen LogP contribution in [0.1, 0.15) is 29.7 Å². The molecule has 1 aromatic carbocycles. The number of nitriles is 1. The number of furan rings is 1. The van der Waals surface area contributed by atoms with Crippen LogP contribution >= 0.6 is 0 Å². The summed E-state index contributed by atoms with van der Waals surface area (Å²) in [5.41, 5.74) is 1.78. The Kier molecular flexibility index (Phi) is 4.74. The molecule has 5 heteroatoms. The van der Waals surface area contributed by atoms with E-state index in [4.69, 9.17) is 9.68 Å². The highest BCUT2D eigenvalue weighted by molar-refractivity contribution is 5.81. The van der Waals surface area contributed by atoms with Crippen LogP contribution in [-0.4, -0.2) is 23.4 Å². The average molecular weight is 309 g/mol. The minimum Gasteiger partial charge on any atom is -0.467 e. The number of nitrogens with zero attached hydrogens (tertiary/aromatic N) is 2. The molecule has 0 aliphatic carbocycles. The number of amides is 1. The van der Waals surface area contributed by atoms with E-state index in [1.807, 2.05) is 36.4 Å². The average Bonchev–Trinajstić information content (AvgIpc) is 3.25. The third-order valence-corrected chi connectivity index (χ3v) is 4.15. The molecule has 1 fully saturated rings. The molecular formula is C18H19N3O2. The van der Waals surface area contributed by atoms with Crippen molar-refractivity contribution in [1.82, 2.24) is 10.2 Å². The van der Waals surface area contributed by atoms with E-state index in [-0.39, 0.29) is 11.9 Å². The van der Waals surface area contributed by atoms with Gasteiger partial charge < -0.3 is 9.73 Å². The van der Waals surface area contributed by atoms with E-state index < -0.39 is 0 Å². The maximum Gasteiger partial charge on any atom is 0.237 e. The first kappa shape index (κ1) is 15.3. The normalized spacial score (nSPS) is 17.8. The summed E-state index contributed by atoms with van der Waals surface area (Å²) in [5.74, 6) is 0.808. The van der Waals surface area contributed by atoms with Crippen LogP contribution < -0.4 is 5.32 Å². The number of benzene rings is 1. The van der Waals surface area contributed by atoms with Gasteiger partial charge in [-0.25, -0.2) is 0 Å². The van der Waals surface area contributed by atoms with Crippen LogP contribution in [0.3, 0.4) is 0 Å². The largest absolute Gasteiger partial charge is 0.467 e. The molecule has 0 bridgehead atoms. The van der Waals surface area contributed by atoms with E-state index in [9.17, 15) is 4.79 Å². The monoisotopic (exact) mass is 309 g/mol. The number of hydrogen-bond donors (Lipinski definition) is 1. The summed E-state index contributed by atoms with van der Waals surface area (Å²) in [6, 6.07) is 13.2. The van der Waals surface area contributed by atoms with Gasteiger partial charge in [-0.3, -0.25) is 9.69 Å². The number of nitrogens with one attached hydrogen (secondary N) is 1. The van der Waals surface area contributed by atoms with Crippen molar-refractivity contribution in [3.05, 3.63) is 59.5 Å². The standard InChI is InChI=1S/C18H19N3O2/c19-11-14-5-7-15(8-6-14)13-21-9-1-4-17(21)18(22)20-12-16-3-2-10-23-16/h2-3,5-8,10,17H,1,4,9,12-13H2,(H,20,22)/t17-/m0/s1. The summed E-state index contributed by atoms with van der Waals surface area (Å²) in [4.78, 5) is 14.6. The van der Waals surface area contributed by atoms with Gasteiger partial charge in [0.05, 0.1) is 30.5 Å². The number of likely N-dealkylation sites (tertiary alicyclic amines) is 1. The third kappa shape index (κ3) is 3.79. The number of rotatable bonds is 5. The van der Waals surface area contributed by atoms with E-state index in [2.05, 4.69) is 16.3 Å². The van der Waals surface area contributed by atoms with Gasteiger partial charge in [0.25, 0.3) is 0 Å². The molecule has 1 aliphatic rings. The number of carbonyl (C=O) groups is 1. The van der Waals surface area contributed by atoms with Crippen LogP contribution in [0, 0.1) is 11.3 Å². The minimum absolute atomic E-state index is 0.0487. The highest BCUT2D eigenvalue weighted by Gasteiger charge is 2.30. The van der Waals surface area contributed by atoms with Gasteiger partial charge in [-0.05, 0) is 49.2 Å². The zero-order chi connectivity index (χ0) is 16.1. The zero-order valence-corrected chi connectivity index (χ0v) is 12.9. The lowest BCUT2D eigenvalue weighted by molar-refractivity contribution is -0.125. The second-order valence-electron chi connectivity index (χ2n) is 5.73. The molecule has 0 radical (unpaired) electrons. The van der Waals surface area contributed by atoms with Crippen molar-refractivity contribution in [2.75, 3.05) is 6.54 Å². The molecule has 0 saturated carbocycles. The Morgan fingerprint density at radius 1 is 1.35 bits per heavy atom. The van der Waals surface area contributed by atoms with Gasteiger partial charge in [0.15, 0.2) is 0 Å². The van der Waals surface area contributed by atoms with Crippen LogP contribution in [0.25, 0.3) is 0 Å². The van der Waals surface area contributed by atoms with Crippen molar-refractivity contribution >= 4 is 5.91 Å². The van der Waals surface area contributed by atoms with Gasteiger partial charge in [0, 0.05) is 6.54 Å². The predicted molar refractivity (Wildman–Crippen MR) is 85.1 cm³/mol. The smallest absolute Gasteiger partial charge is 0.237 e. The van der Waals surface area contributed by atoms with Crippen molar-refractivity contribution in [1.29, 1.82) is 5.26 Å². The first-order chi connectivity index (χ1) is 11.3. The lowest BCUT2D eigenvalue weighted by atomic mass is 10.1. The van der Waals surface area contributed by atoms with E-state index in [1.165, 1.54) is 0 Å². The third-order valence-electron chi connectivity index (χ3n) is 4.15. The van der Waals surface area contributed by atoms with Crippen molar-refractivity contribution < 1.29 is 9.21 Å². The Morgan fingerprint density at radius 2 is 2.17 bits per heavy atom. The van der Waals surface area contributed by atoms with Crippen LogP contribution in [0.5, 0.6) is 0 Å². The molecule has 0 spiro atoms. The van der Waals surface area contributed by atoms with Gasteiger partial charge in [-0.2, -0.15) is 5.26 Å². The molecule has 3 rings (SSSR count). The highest BCUT2D eigenvalue weighted by atomic mass is 16.3. The van der Waals surface area contributed by atoms with Gasteiger partial charge in [0.1, 0.15) is 5.76 Å². The highest BCUT2D eigenvalue weighted by Crippen LogP contribution is 2.20. The van der Waals surface area contributed by atoms with Gasteiger partial charge in [-0.1, -0.05) is 12.1 Å². The molecule has 1 aliphatic heterocycles. The fraction of sp³-hybridized carbons (Fsp3) is 0.333. The second kappa shape index (κ2) is 7.12. The predicted octanol–water partition coefficient (Wildman–Crippen LogP) is 2.43. The molecule has 118 valence electrons. The molecule has 0 unspecified atom stereocenters. The SMILES string of the molecule is N#Cc1ccc(CN2CCC[C@H]2C(=O)NCc2ccco2)cc1. The minimum atomic E-state index is -0.0967. The van der Waals surface area contributed by atoms with Crippen LogP contribution in [0.4, 0.5) is 0 Å². The van der Waals surface area contributed by atoms with Crippen molar-refractivity contribution in [3.8, 4) is 6.07 Å². The fourth-order valence-electron chi connectivity index (χ4n) is 2.94. The number of hydrogen-bond acceptors (Lipinski definition) is 4. The first-order valence-corrected chi connectivity index (χ1v) is 7.79. The quantitative estimate of drug-likeness (QED) is 0.921. The summed E-state index contributed by atoms with van der Waals surface area (Å²) in [6.45, 7) is 2.07. The Morgan fingerprint density at radius 3 is 2.87 bits per heavy atom. The summed E-state index contributed by atoms with van der Waals surface area (Å²) in [7, 11) is 0. The summed E-state index contributed by atoms with van der Waals surface area (Å²) >= 11 is 0. The topological polar surface area (TPSA) is 69.3 Å². The number of carbonyl (C=O) groups excluding carboxylic acids is 1. The lowest BCUT2D eigenvalue weighted by Crippen LogP contribution is -2.42. The van der Waals surface area contributed by atoms with E-state index in [1.54, 1.807) is 6.26 Å². The zero-order valence-electron chi connectivity index (χ0n) is 12.9. The molecule has 1 N–H and O–H groups in total. The Bertz CT molecular complexity index is 686. The fourth-order valence-corrected chi connectivity index (χ4v) is 2.94. The Labute approximate surface area is 135 Å². The molecule has 23 heavy (non-hydrogen) atoms. The van der Waals surface area contributed by atoms with E-state index in [0.29, 0.717) is 12.1 Å². The maximum absolute atomic E-state index is 12.4. The molecule has 5 nitrogen and oxygen atoms in total. The molecular weight excluding hydrogens is 290 g/mol. The molecule has 2 aromatic rings. The Hall–Kier alpha value is -2.58. The van der Waals surface area contributed by atoms with Crippen LogP contribution in [-0.2, 0) is 17.9 Å². The molecule has 1 atom stereocenters. The molecule has 1 amide bonds. The Balaban J connectivity index is 1.58. The van der Waals surface area contributed by atoms with Crippen LogP contribution in [0.15, 0.2) is 47.1 Å². The maximum atomic E-state index is 12.4. The first-order valence-electron chi connectivity index (χ1n) is 7.79. The second-order valence-corrected chi connectivity index (χ2v) is 5.73. The van der Waals surface area contributed by atoms with Crippen molar-refractivity contribution in [3.63, 3.8) is 0 Å². The molecule has 1 saturated heterocycles. The molecule has 2 heterocycles. The summed E-state index contributed by atoms with van der Waals surface area (Å²) in [5, 5.41) is 11.8.